The van der Waals surface area contributed by atoms with Crippen molar-refractivity contribution in [1.29, 1.82) is 0 Å². The fourth-order valence-corrected chi connectivity index (χ4v) is 4.07. The highest BCUT2D eigenvalue weighted by molar-refractivity contribution is 7.89. The van der Waals surface area contributed by atoms with Crippen molar-refractivity contribution in [3.8, 4) is 0 Å². The van der Waals surface area contributed by atoms with Gasteiger partial charge in [0.25, 0.3) is 0 Å². The van der Waals surface area contributed by atoms with Gasteiger partial charge < -0.3 is 20.1 Å². The largest absolute Gasteiger partial charge is 0.496 e. The molecule has 1 aromatic carbocycles. The lowest BCUT2D eigenvalue weighted by molar-refractivity contribution is 0.00578. The van der Waals surface area contributed by atoms with Crippen molar-refractivity contribution in [3.05, 3.63) is 18.2 Å². The van der Waals surface area contributed by atoms with Crippen molar-refractivity contribution in [2.45, 2.75) is 63.2 Å². The predicted molar refractivity (Wildman–Crippen MR) is 98.1 cm³/mol. The average molecular weight is 370 g/mol. The molecule has 1 fully saturated rings. The number of hydrogen-bond donors (Lipinski definition) is 3. The molecule has 0 radical (unpaired) electrons. The first kappa shape index (κ1) is 20.2. The number of hydrogen-bond acceptors (Lipinski definition) is 6. The number of sulfonamides is 1. The number of anilines is 1. The van der Waals surface area contributed by atoms with Crippen molar-refractivity contribution >= 4 is 28.3 Å². The molecule has 0 aliphatic carbocycles. The van der Waals surface area contributed by atoms with Crippen LogP contribution in [0.2, 0.25) is 0 Å². The molecule has 1 aliphatic rings. The second-order valence-corrected chi connectivity index (χ2v) is 9.68. The first-order valence-electron chi connectivity index (χ1n) is 8.11. The summed E-state index contributed by atoms with van der Waals surface area (Å²) < 4.78 is 40.2. The number of nitrogen functional groups attached to an aromatic ring is 1. The zero-order chi connectivity index (χ0) is 19.3. The Hall–Kier alpha value is -1.13. The van der Waals surface area contributed by atoms with Crippen LogP contribution in [0.15, 0.2) is 23.1 Å². The molecule has 0 bridgehead atoms. The SMILES string of the molecule is CC(C)(CO)NS(=O)(=O)c1cc(N)ccc1B1OC(C)(C)C(C)(C)O1. The highest BCUT2D eigenvalue weighted by Gasteiger charge is 2.52. The van der Waals surface area contributed by atoms with Gasteiger partial charge in [-0.15, -0.1) is 0 Å². The zero-order valence-electron chi connectivity index (χ0n) is 15.6. The number of nitrogens with two attached hydrogens (primary N) is 1. The average Bonchev–Trinajstić information content (AvgIpc) is 2.66. The predicted octanol–water partition coefficient (Wildman–Crippen LogP) is 0.617. The minimum atomic E-state index is -3.95. The summed E-state index contributed by atoms with van der Waals surface area (Å²) in [7, 11) is -4.78. The van der Waals surface area contributed by atoms with Gasteiger partial charge in [-0.3, -0.25) is 0 Å². The molecular formula is C16H27BN2O5S. The number of nitrogens with one attached hydrogen (secondary N) is 1. The first-order chi connectivity index (χ1) is 11.2. The lowest BCUT2D eigenvalue weighted by Crippen LogP contribution is -2.48. The Morgan fingerprint density at radius 1 is 1.20 bits per heavy atom. The fourth-order valence-electron chi connectivity index (χ4n) is 2.40. The number of rotatable bonds is 5. The van der Waals surface area contributed by atoms with Crippen LogP contribution in [0.3, 0.4) is 0 Å². The molecule has 0 amide bonds. The second-order valence-electron chi connectivity index (χ2n) is 8.03. The van der Waals surface area contributed by atoms with Crippen molar-refractivity contribution < 1.29 is 22.8 Å². The summed E-state index contributed by atoms with van der Waals surface area (Å²) in [5.41, 5.74) is 4.26. The summed E-state index contributed by atoms with van der Waals surface area (Å²) in [5.74, 6) is 0. The molecule has 2 rings (SSSR count). The topological polar surface area (TPSA) is 111 Å². The molecular weight excluding hydrogens is 343 g/mol. The van der Waals surface area contributed by atoms with E-state index >= 15 is 0 Å². The zero-order valence-corrected chi connectivity index (χ0v) is 16.4. The van der Waals surface area contributed by atoms with Gasteiger partial charge in [-0.25, -0.2) is 13.1 Å². The van der Waals surface area contributed by atoms with Crippen LogP contribution in [0.4, 0.5) is 5.69 Å². The Balaban J connectivity index is 2.50. The van der Waals surface area contributed by atoms with Crippen molar-refractivity contribution in [3.63, 3.8) is 0 Å². The van der Waals surface area contributed by atoms with Crippen LogP contribution in [0.25, 0.3) is 0 Å². The van der Waals surface area contributed by atoms with E-state index in [0.29, 0.717) is 11.2 Å². The van der Waals surface area contributed by atoms with E-state index in [2.05, 4.69) is 4.72 Å². The lowest BCUT2D eigenvalue weighted by atomic mass is 9.79. The quantitative estimate of drug-likeness (QED) is 0.518. The van der Waals surface area contributed by atoms with Gasteiger partial charge in [-0.05, 0) is 53.7 Å². The molecule has 1 aliphatic heterocycles. The standard InChI is InChI=1S/C16H27BN2O5S/c1-14(2,10-20)19-25(21,22)13-9-11(18)7-8-12(13)17-23-15(3,4)16(5,6)24-17/h7-9,19-20H,10,18H2,1-6H3. The molecule has 25 heavy (non-hydrogen) atoms. The number of aliphatic hydroxyl groups is 1. The van der Waals surface area contributed by atoms with E-state index in [1.165, 1.54) is 6.07 Å². The Kier molecular flexibility index (Phi) is 5.04. The van der Waals surface area contributed by atoms with Crippen LogP contribution in [0.5, 0.6) is 0 Å². The van der Waals surface area contributed by atoms with Crippen molar-refractivity contribution in [2.24, 2.45) is 0 Å². The summed E-state index contributed by atoms with van der Waals surface area (Å²) in [4.78, 5) is -0.0208. The Morgan fingerprint density at radius 3 is 2.20 bits per heavy atom. The van der Waals surface area contributed by atoms with E-state index in [9.17, 15) is 13.5 Å². The first-order valence-corrected chi connectivity index (χ1v) is 9.59. The molecule has 0 unspecified atom stereocenters. The number of aliphatic hydroxyl groups excluding tert-OH is 1. The third-order valence-corrected chi connectivity index (χ3v) is 6.39. The molecule has 0 atom stereocenters. The molecule has 0 aromatic heterocycles. The van der Waals surface area contributed by atoms with E-state index in [-0.39, 0.29) is 11.5 Å². The van der Waals surface area contributed by atoms with E-state index in [1.807, 2.05) is 27.7 Å². The maximum atomic E-state index is 12.9. The van der Waals surface area contributed by atoms with Gasteiger partial charge in [0, 0.05) is 11.2 Å². The molecule has 0 saturated carbocycles. The summed E-state index contributed by atoms with van der Waals surface area (Å²) >= 11 is 0. The van der Waals surface area contributed by atoms with Crippen LogP contribution in [0, 0.1) is 0 Å². The molecule has 1 heterocycles. The summed E-state index contributed by atoms with van der Waals surface area (Å²) in [6.07, 6.45) is 0. The molecule has 0 spiro atoms. The smallest absolute Gasteiger partial charge is 0.399 e. The van der Waals surface area contributed by atoms with Crippen molar-refractivity contribution in [2.75, 3.05) is 12.3 Å². The normalized spacial score (nSPS) is 20.0. The van der Waals surface area contributed by atoms with Gasteiger partial charge in [0.15, 0.2) is 0 Å². The highest BCUT2D eigenvalue weighted by Crippen LogP contribution is 2.37. The number of benzene rings is 1. The van der Waals surface area contributed by atoms with Crippen LogP contribution in [0.1, 0.15) is 41.5 Å². The summed E-state index contributed by atoms with van der Waals surface area (Å²) in [5, 5.41) is 9.38. The third kappa shape index (κ3) is 4.01. The van der Waals surface area contributed by atoms with Gasteiger partial charge in [0.2, 0.25) is 10.0 Å². The van der Waals surface area contributed by atoms with Crippen LogP contribution < -0.4 is 15.9 Å². The van der Waals surface area contributed by atoms with Gasteiger partial charge in [-0.1, -0.05) is 6.07 Å². The van der Waals surface area contributed by atoms with Gasteiger partial charge in [0.05, 0.1) is 28.2 Å². The second kappa shape index (κ2) is 6.24. The van der Waals surface area contributed by atoms with E-state index in [1.54, 1.807) is 26.0 Å². The van der Waals surface area contributed by atoms with E-state index in [0.717, 1.165) is 0 Å². The third-order valence-electron chi connectivity index (χ3n) is 4.64. The van der Waals surface area contributed by atoms with E-state index < -0.39 is 33.9 Å². The van der Waals surface area contributed by atoms with Crippen LogP contribution in [-0.4, -0.2) is 44.0 Å². The minimum Gasteiger partial charge on any atom is -0.399 e. The van der Waals surface area contributed by atoms with Gasteiger partial charge >= 0.3 is 7.12 Å². The molecule has 9 heteroatoms. The molecule has 1 saturated heterocycles. The fraction of sp³-hybridized carbons (Fsp3) is 0.625. The minimum absolute atomic E-state index is 0.0208. The summed E-state index contributed by atoms with van der Waals surface area (Å²) in [6, 6.07) is 4.57. The van der Waals surface area contributed by atoms with Crippen LogP contribution in [-0.2, 0) is 19.3 Å². The molecule has 1 aromatic rings. The molecule has 7 nitrogen and oxygen atoms in total. The maximum absolute atomic E-state index is 12.9. The Labute approximate surface area is 150 Å². The monoisotopic (exact) mass is 370 g/mol. The maximum Gasteiger partial charge on any atom is 0.496 e. The molecule has 140 valence electrons. The van der Waals surface area contributed by atoms with Crippen molar-refractivity contribution in [1.82, 2.24) is 4.72 Å². The van der Waals surface area contributed by atoms with Crippen LogP contribution >= 0.6 is 0 Å². The van der Waals surface area contributed by atoms with Gasteiger partial charge in [0.1, 0.15) is 0 Å². The summed E-state index contributed by atoms with van der Waals surface area (Å²) in [6.45, 7) is 10.4. The van der Waals surface area contributed by atoms with E-state index in [4.69, 9.17) is 15.0 Å². The highest BCUT2D eigenvalue weighted by atomic mass is 32.2. The Bertz CT molecular complexity index is 746. The van der Waals surface area contributed by atoms with Gasteiger partial charge in [-0.2, -0.15) is 0 Å². The molecule has 4 N–H and O–H groups in total. The Morgan fingerprint density at radius 2 is 1.72 bits per heavy atom. The lowest BCUT2D eigenvalue weighted by Gasteiger charge is -2.32.